The van der Waals surface area contributed by atoms with Gasteiger partial charge in [-0.25, -0.2) is 9.48 Å². The van der Waals surface area contributed by atoms with Crippen molar-refractivity contribution in [1.82, 2.24) is 14.8 Å². The number of benzene rings is 2. The summed E-state index contributed by atoms with van der Waals surface area (Å²) in [5.41, 5.74) is 6.92. The second kappa shape index (κ2) is 10.3. The van der Waals surface area contributed by atoms with E-state index in [0.717, 1.165) is 59.5 Å². The molecule has 0 spiro atoms. The molecule has 0 aliphatic carbocycles. The van der Waals surface area contributed by atoms with Gasteiger partial charge < -0.3 is 14.8 Å². The van der Waals surface area contributed by atoms with Crippen LogP contribution < -0.4 is 5.32 Å². The van der Waals surface area contributed by atoms with Gasteiger partial charge >= 0.3 is 5.97 Å². The Hall–Kier alpha value is -3.97. The van der Waals surface area contributed by atoms with Gasteiger partial charge in [0.1, 0.15) is 0 Å². The summed E-state index contributed by atoms with van der Waals surface area (Å²) in [5, 5.41) is 9.36. The Morgan fingerprint density at radius 2 is 1.97 bits per heavy atom. The number of aromatic nitrogens is 3. The van der Waals surface area contributed by atoms with Crippen LogP contribution in [0.2, 0.25) is 0 Å². The molecule has 184 valence electrons. The van der Waals surface area contributed by atoms with Gasteiger partial charge in [0.15, 0.2) is 6.23 Å². The van der Waals surface area contributed by atoms with Gasteiger partial charge in [0.2, 0.25) is 0 Å². The Labute approximate surface area is 210 Å². The van der Waals surface area contributed by atoms with Crippen LogP contribution in [0.15, 0.2) is 54.6 Å². The van der Waals surface area contributed by atoms with Crippen molar-refractivity contribution < 1.29 is 14.3 Å². The zero-order chi connectivity index (χ0) is 25.1. The average molecular weight is 483 g/mol. The summed E-state index contributed by atoms with van der Waals surface area (Å²) in [6.07, 6.45) is 7.00. The summed E-state index contributed by atoms with van der Waals surface area (Å²) in [5.74, 6) is -0.382. The van der Waals surface area contributed by atoms with Gasteiger partial charge in [-0.3, -0.25) is 4.98 Å². The number of rotatable bonds is 6. The second-order valence-electron chi connectivity index (χ2n) is 9.09. The van der Waals surface area contributed by atoms with Crippen molar-refractivity contribution in [2.24, 2.45) is 0 Å². The van der Waals surface area contributed by atoms with E-state index < -0.39 is 0 Å². The SMILES string of the molecule is COC(=O)c1ccccc1Nc1ccc2c(/C=C/c3cc(C)cc(C)n3)nn(C3CCCCO3)c2c1. The molecule has 1 aliphatic heterocycles. The normalized spacial score (nSPS) is 15.9. The van der Waals surface area contributed by atoms with Gasteiger partial charge in [-0.2, -0.15) is 5.10 Å². The van der Waals surface area contributed by atoms with Gasteiger partial charge in [-0.05, 0) is 93.3 Å². The number of fused-ring (bicyclic) bond motifs is 1. The summed E-state index contributed by atoms with van der Waals surface area (Å²) in [7, 11) is 1.39. The van der Waals surface area contributed by atoms with Crippen molar-refractivity contribution >= 4 is 40.4 Å². The first-order valence-corrected chi connectivity index (χ1v) is 12.2. The Balaban J connectivity index is 1.54. The van der Waals surface area contributed by atoms with E-state index in [1.54, 1.807) is 6.07 Å². The van der Waals surface area contributed by atoms with Gasteiger partial charge in [0.25, 0.3) is 0 Å². The summed E-state index contributed by atoms with van der Waals surface area (Å²) < 4.78 is 13.0. The van der Waals surface area contributed by atoms with Crippen LogP contribution in [0.25, 0.3) is 23.1 Å². The molecule has 2 aromatic heterocycles. The van der Waals surface area contributed by atoms with Crippen LogP contribution in [0.5, 0.6) is 0 Å². The van der Waals surface area contributed by atoms with Crippen LogP contribution in [-0.4, -0.2) is 34.5 Å². The largest absolute Gasteiger partial charge is 0.465 e. The zero-order valence-electron chi connectivity index (χ0n) is 20.8. The molecule has 36 heavy (non-hydrogen) atoms. The van der Waals surface area contributed by atoms with Crippen LogP contribution in [0, 0.1) is 13.8 Å². The molecule has 2 aromatic carbocycles. The fourth-order valence-corrected chi connectivity index (χ4v) is 4.66. The van der Waals surface area contributed by atoms with Crippen molar-refractivity contribution in [3.05, 3.63) is 82.8 Å². The Morgan fingerprint density at radius 1 is 1.11 bits per heavy atom. The maximum atomic E-state index is 12.2. The van der Waals surface area contributed by atoms with Crippen LogP contribution >= 0.6 is 0 Å². The highest BCUT2D eigenvalue weighted by Crippen LogP contribution is 2.32. The van der Waals surface area contributed by atoms with E-state index in [0.29, 0.717) is 11.3 Å². The van der Waals surface area contributed by atoms with Crippen LogP contribution in [0.3, 0.4) is 0 Å². The van der Waals surface area contributed by atoms with Crippen molar-refractivity contribution in [3.8, 4) is 0 Å². The zero-order valence-corrected chi connectivity index (χ0v) is 20.8. The van der Waals surface area contributed by atoms with E-state index in [4.69, 9.17) is 14.6 Å². The Kier molecular flexibility index (Phi) is 6.82. The minimum absolute atomic E-state index is 0.111. The Morgan fingerprint density at radius 3 is 2.75 bits per heavy atom. The number of anilines is 2. The molecule has 1 fully saturated rings. The smallest absolute Gasteiger partial charge is 0.339 e. The first kappa shape index (κ1) is 23.8. The van der Waals surface area contributed by atoms with Crippen LogP contribution in [0.4, 0.5) is 11.4 Å². The van der Waals surface area contributed by atoms with Crippen molar-refractivity contribution in [2.45, 2.75) is 39.3 Å². The van der Waals surface area contributed by atoms with E-state index in [1.165, 1.54) is 12.7 Å². The summed E-state index contributed by atoms with van der Waals surface area (Å²) in [6.45, 7) is 4.80. The molecule has 1 atom stereocenters. The van der Waals surface area contributed by atoms with Gasteiger partial charge in [0, 0.05) is 23.4 Å². The molecule has 1 unspecified atom stereocenters. The fraction of sp³-hybridized carbons (Fsp3) is 0.276. The van der Waals surface area contributed by atoms with E-state index in [9.17, 15) is 4.79 Å². The second-order valence-corrected chi connectivity index (χ2v) is 9.09. The molecular formula is C29H30N4O3. The highest BCUT2D eigenvalue weighted by atomic mass is 16.5. The lowest BCUT2D eigenvalue weighted by molar-refractivity contribution is -0.0367. The standard InChI is InChI=1S/C29H30N4O3/c1-19-16-20(2)30-21(17-19)12-14-26-23-13-11-22(31-25-9-5-4-8-24(25)29(34)35-3)18-27(23)33(32-26)28-10-6-7-15-36-28/h4-5,8-9,11-14,16-18,28,31H,6-7,10,15H2,1-3H3/b14-12+. The summed E-state index contributed by atoms with van der Waals surface area (Å²) in [4.78, 5) is 16.8. The summed E-state index contributed by atoms with van der Waals surface area (Å²) in [6, 6.07) is 17.6. The highest BCUT2D eigenvalue weighted by Gasteiger charge is 2.21. The third-order valence-corrected chi connectivity index (χ3v) is 6.31. The van der Waals surface area contributed by atoms with Crippen molar-refractivity contribution in [1.29, 1.82) is 0 Å². The molecule has 4 aromatic rings. The van der Waals surface area contributed by atoms with Crippen molar-refractivity contribution in [3.63, 3.8) is 0 Å². The predicted octanol–water partition coefficient (Wildman–Crippen LogP) is 6.45. The van der Waals surface area contributed by atoms with E-state index >= 15 is 0 Å². The number of hydrogen-bond donors (Lipinski definition) is 1. The first-order valence-electron chi connectivity index (χ1n) is 12.2. The number of pyridine rings is 1. The number of aryl methyl sites for hydroxylation is 2. The minimum Gasteiger partial charge on any atom is -0.465 e. The first-order chi connectivity index (χ1) is 17.5. The van der Waals surface area contributed by atoms with Gasteiger partial charge in [-0.1, -0.05) is 12.1 Å². The average Bonchev–Trinajstić information content (AvgIpc) is 3.25. The number of para-hydroxylation sites is 1. The van der Waals surface area contributed by atoms with E-state index in [1.807, 2.05) is 48.0 Å². The molecule has 0 saturated carbocycles. The number of carbonyl (C=O) groups excluding carboxylic acids is 1. The highest BCUT2D eigenvalue weighted by molar-refractivity contribution is 5.97. The molecule has 5 rings (SSSR count). The van der Waals surface area contributed by atoms with Gasteiger partial charge in [-0.15, -0.1) is 0 Å². The number of methoxy groups -OCH3 is 1. The van der Waals surface area contributed by atoms with Crippen LogP contribution in [0.1, 0.15) is 58.5 Å². The number of carbonyl (C=O) groups is 1. The molecule has 3 heterocycles. The lowest BCUT2D eigenvalue weighted by Gasteiger charge is -2.23. The van der Waals surface area contributed by atoms with E-state index in [2.05, 4.69) is 41.5 Å². The summed E-state index contributed by atoms with van der Waals surface area (Å²) >= 11 is 0. The number of esters is 1. The molecule has 1 aliphatic rings. The molecular weight excluding hydrogens is 452 g/mol. The lowest BCUT2D eigenvalue weighted by atomic mass is 10.1. The quantitative estimate of drug-likeness (QED) is 0.318. The molecule has 0 bridgehead atoms. The van der Waals surface area contributed by atoms with E-state index in [-0.39, 0.29) is 12.2 Å². The minimum atomic E-state index is -0.382. The third-order valence-electron chi connectivity index (χ3n) is 6.31. The number of nitrogens with one attached hydrogen (secondary N) is 1. The fourth-order valence-electron chi connectivity index (χ4n) is 4.66. The number of nitrogens with zero attached hydrogens (tertiary/aromatic N) is 3. The van der Waals surface area contributed by atoms with Crippen LogP contribution in [-0.2, 0) is 9.47 Å². The van der Waals surface area contributed by atoms with Crippen molar-refractivity contribution in [2.75, 3.05) is 19.0 Å². The maximum Gasteiger partial charge on any atom is 0.339 e. The number of hydrogen-bond acceptors (Lipinski definition) is 6. The predicted molar refractivity (Wildman–Crippen MR) is 142 cm³/mol. The number of ether oxygens (including phenoxy) is 2. The molecule has 1 saturated heterocycles. The molecule has 0 radical (unpaired) electrons. The maximum absolute atomic E-state index is 12.2. The van der Waals surface area contributed by atoms with Gasteiger partial charge in [0.05, 0.1) is 35.3 Å². The monoisotopic (exact) mass is 482 g/mol. The lowest BCUT2D eigenvalue weighted by Crippen LogP contribution is -2.19. The third kappa shape index (κ3) is 5.02. The topological polar surface area (TPSA) is 78.3 Å². The molecule has 7 heteroatoms. The molecule has 7 nitrogen and oxygen atoms in total. The molecule has 0 amide bonds. The Bertz CT molecular complexity index is 1410. The molecule has 1 N–H and O–H groups in total.